The van der Waals surface area contributed by atoms with Crippen LogP contribution in [0.3, 0.4) is 0 Å². The molecular formula is C18H15FN2. The molecule has 1 aromatic heterocycles. The number of hydrogen-bond acceptors (Lipinski definition) is 2. The van der Waals surface area contributed by atoms with E-state index in [1.54, 1.807) is 6.20 Å². The summed E-state index contributed by atoms with van der Waals surface area (Å²) in [5.41, 5.74) is 4.24. The molecule has 0 aliphatic carbocycles. The number of fused-ring (bicyclic) bond motifs is 2. The van der Waals surface area contributed by atoms with Crippen LogP contribution >= 0.6 is 0 Å². The predicted octanol–water partition coefficient (Wildman–Crippen LogP) is 4.26. The third kappa shape index (κ3) is 1.97. The monoisotopic (exact) mass is 278 g/mol. The van der Waals surface area contributed by atoms with Crippen LogP contribution in [0.25, 0.3) is 10.9 Å². The Bertz CT molecular complexity index is 808. The third-order valence-electron chi connectivity index (χ3n) is 4.09. The average molecular weight is 278 g/mol. The van der Waals surface area contributed by atoms with Gasteiger partial charge in [-0.2, -0.15) is 0 Å². The molecule has 2 heterocycles. The molecule has 3 aromatic rings. The van der Waals surface area contributed by atoms with Gasteiger partial charge in [0, 0.05) is 34.9 Å². The Balaban J connectivity index is 1.88. The minimum absolute atomic E-state index is 0.634. The molecule has 1 aliphatic heterocycles. The molecule has 0 spiro atoms. The van der Waals surface area contributed by atoms with E-state index in [-0.39, 0.29) is 0 Å². The summed E-state index contributed by atoms with van der Waals surface area (Å²) in [6.07, 6.45) is 1.51. The Kier molecular flexibility index (Phi) is 2.85. The van der Waals surface area contributed by atoms with Gasteiger partial charge < -0.3 is 5.32 Å². The van der Waals surface area contributed by atoms with Crippen molar-refractivity contribution >= 4 is 16.6 Å². The fourth-order valence-corrected chi connectivity index (χ4v) is 3.08. The summed E-state index contributed by atoms with van der Waals surface area (Å²) in [5, 5.41) is 4.28. The SMILES string of the molecule is FC(c1cccc2c1NCC2)c1cccc2cccnc12. The topological polar surface area (TPSA) is 24.9 Å². The number of rotatable bonds is 2. The van der Waals surface area contributed by atoms with Gasteiger partial charge in [-0.3, -0.25) is 4.98 Å². The minimum Gasteiger partial charge on any atom is -0.384 e. The van der Waals surface area contributed by atoms with Gasteiger partial charge in [-0.1, -0.05) is 42.5 Å². The van der Waals surface area contributed by atoms with Crippen molar-refractivity contribution in [3.63, 3.8) is 0 Å². The van der Waals surface area contributed by atoms with Crippen molar-refractivity contribution in [1.29, 1.82) is 0 Å². The Morgan fingerprint density at radius 3 is 2.76 bits per heavy atom. The molecule has 2 aromatic carbocycles. The average Bonchev–Trinajstić information content (AvgIpc) is 3.02. The van der Waals surface area contributed by atoms with Crippen LogP contribution in [-0.4, -0.2) is 11.5 Å². The van der Waals surface area contributed by atoms with Crippen LogP contribution in [0.2, 0.25) is 0 Å². The highest BCUT2D eigenvalue weighted by Gasteiger charge is 2.23. The highest BCUT2D eigenvalue weighted by Crippen LogP contribution is 2.37. The van der Waals surface area contributed by atoms with Crippen molar-refractivity contribution in [2.45, 2.75) is 12.6 Å². The smallest absolute Gasteiger partial charge is 0.154 e. The lowest BCUT2D eigenvalue weighted by Crippen LogP contribution is -2.01. The zero-order valence-electron chi connectivity index (χ0n) is 11.5. The first-order chi connectivity index (χ1) is 10.3. The number of alkyl halides is 1. The van der Waals surface area contributed by atoms with E-state index in [0.29, 0.717) is 11.1 Å². The number of anilines is 1. The van der Waals surface area contributed by atoms with Crippen molar-refractivity contribution < 1.29 is 4.39 Å². The lowest BCUT2D eigenvalue weighted by Gasteiger charge is -2.15. The molecule has 0 fully saturated rings. The molecule has 1 N–H and O–H groups in total. The lowest BCUT2D eigenvalue weighted by molar-refractivity contribution is 0.405. The first-order valence-corrected chi connectivity index (χ1v) is 7.18. The van der Waals surface area contributed by atoms with Gasteiger partial charge in [0.15, 0.2) is 6.17 Å². The zero-order chi connectivity index (χ0) is 14.2. The van der Waals surface area contributed by atoms with E-state index in [1.165, 1.54) is 5.56 Å². The molecule has 0 radical (unpaired) electrons. The van der Waals surface area contributed by atoms with Crippen LogP contribution in [0, 0.1) is 0 Å². The van der Waals surface area contributed by atoms with Gasteiger partial charge >= 0.3 is 0 Å². The van der Waals surface area contributed by atoms with Crippen molar-refractivity contribution in [2.75, 3.05) is 11.9 Å². The van der Waals surface area contributed by atoms with E-state index in [2.05, 4.69) is 16.4 Å². The number of halogens is 1. The van der Waals surface area contributed by atoms with Crippen molar-refractivity contribution in [2.24, 2.45) is 0 Å². The summed E-state index contributed by atoms with van der Waals surface area (Å²) in [7, 11) is 0. The molecule has 1 unspecified atom stereocenters. The molecule has 4 rings (SSSR count). The zero-order valence-corrected chi connectivity index (χ0v) is 11.5. The van der Waals surface area contributed by atoms with Crippen LogP contribution < -0.4 is 5.32 Å². The van der Waals surface area contributed by atoms with Crippen molar-refractivity contribution in [1.82, 2.24) is 4.98 Å². The number of pyridine rings is 1. The van der Waals surface area contributed by atoms with Crippen LogP contribution in [0.1, 0.15) is 22.9 Å². The Morgan fingerprint density at radius 2 is 1.81 bits per heavy atom. The number of hydrogen-bond donors (Lipinski definition) is 1. The Morgan fingerprint density at radius 1 is 1.00 bits per heavy atom. The number of aromatic nitrogens is 1. The predicted molar refractivity (Wildman–Crippen MR) is 83.3 cm³/mol. The summed E-state index contributed by atoms with van der Waals surface area (Å²) in [4.78, 5) is 4.36. The summed E-state index contributed by atoms with van der Waals surface area (Å²) in [6, 6.07) is 15.4. The largest absolute Gasteiger partial charge is 0.384 e. The highest BCUT2D eigenvalue weighted by atomic mass is 19.1. The fourth-order valence-electron chi connectivity index (χ4n) is 3.08. The lowest BCUT2D eigenvalue weighted by atomic mass is 9.97. The first-order valence-electron chi connectivity index (χ1n) is 7.18. The summed E-state index contributed by atoms with van der Waals surface area (Å²) < 4.78 is 15.2. The van der Waals surface area contributed by atoms with Crippen LogP contribution in [0.5, 0.6) is 0 Å². The molecule has 1 atom stereocenters. The van der Waals surface area contributed by atoms with Gasteiger partial charge in [0.25, 0.3) is 0 Å². The second-order valence-electron chi connectivity index (χ2n) is 5.34. The first kappa shape index (κ1) is 12.3. The quantitative estimate of drug-likeness (QED) is 0.757. The Labute approximate surface area is 122 Å². The van der Waals surface area contributed by atoms with Gasteiger partial charge in [0.1, 0.15) is 0 Å². The molecule has 0 saturated heterocycles. The standard InChI is InChI=1S/C18H15FN2/c19-16(15-8-2-5-13-9-11-21-18(13)15)14-7-1-4-12-6-3-10-20-17(12)14/h1-8,10,16,21H,9,11H2. The molecule has 3 heteroatoms. The number of nitrogens with one attached hydrogen (secondary N) is 1. The molecule has 2 nitrogen and oxygen atoms in total. The van der Waals surface area contributed by atoms with Crippen molar-refractivity contribution in [3.8, 4) is 0 Å². The highest BCUT2D eigenvalue weighted by molar-refractivity contribution is 5.82. The molecule has 104 valence electrons. The van der Waals surface area contributed by atoms with Gasteiger partial charge in [0.2, 0.25) is 0 Å². The van der Waals surface area contributed by atoms with E-state index in [9.17, 15) is 0 Å². The molecule has 21 heavy (non-hydrogen) atoms. The van der Waals surface area contributed by atoms with Gasteiger partial charge in [0.05, 0.1) is 5.52 Å². The summed E-state index contributed by atoms with van der Waals surface area (Å²) in [6.45, 7) is 0.882. The van der Waals surface area contributed by atoms with Gasteiger partial charge in [-0.25, -0.2) is 4.39 Å². The molecule has 1 aliphatic rings. The molecule has 0 bridgehead atoms. The summed E-state index contributed by atoms with van der Waals surface area (Å²) >= 11 is 0. The molecule has 0 saturated carbocycles. The van der Waals surface area contributed by atoms with Gasteiger partial charge in [-0.15, -0.1) is 0 Å². The summed E-state index contributed by atoms with van der Waals surface area (Å²) in [5.74, 6) is 0. The van der Waals surface area contributed by atoms with Crippen LogP contribution in [0.4, 0.5) is 10.1 Å². The van der Waals surface area contributed by atoms with E-state index in [4.69, 9.17) is 0 Å². The van der Waals surface area contributed by atoms with E-state index >= 15 is 4.39 Å². The van der Waals surface area contributed by atoms with Crippen LogP contribution in [-0.2, 0) is 6.42 Å². The molecular weight excluding hydrogens is 263 g/mol. The van der Waals surface area contributed by atoms with Gasteiger partial charge in [-0.05, 0) is 18.1 Å². The Hall–Kier alpha value is -2.42. The number of nitrogens with zero attached hydrogens (tertiary/aromatic N) is 1. The maximum atomic E-state index is 15.2. The van der Waals surface area contributed by atoms with Crippen molar-refractivity contribution in [3.05, 3.63) is 71.4 Å². The fraction of sp³-hybridized carbons (Fsp3) is 0.167. The van der Waals surface area contributed by atoms with E-state index < -0.39 is 6.17 Å². The number of para-hydroxylation sites is 2. The van der Waals surface area contributed by atoms with E-state index in [1.807, 2.05) is 42.5 Å². The maximum Gasteiger partial charge on any atom is 0.154 e. The maximum absolute atomic E-state index is 15.2. The minimum atomic E-state index is -1.16. The normalized spacial score (nSPS) is 14.7. The third-order valence-corrected chi connectivity index (χ3v) is 4.09. The second kappa shape index (κ2) is 4.85. The van der Waals surface area contributed by atoms with E-state index in [0.717, 1.165) is 29.6 Å². The second-order valence-corrected chi connectivity index (χ2v) is 5.34. The number of benzene rings is 2. The molecule has 0 amide bonds. The van der Waals surface area contributed by atoms with Crippen LogP contribution in [0.15, 0.2) is 54.7 Å².